The number of anilines is 1. The smallest absolute Gasteiger partial charge is 0.249 e. The Balaban J connectivity index is 3.17. The summed E-state index contributed by atoms with van der Waals surface area (Å²) >= 11 is 7.34. The molecule has 0 spiro atoms. The number of benzene rings is 1. The summed E-state index contributed by atoms with van der Waals surface area (Å²) in [5.74, 6) is -0.584. The first-order chi connectivity index (χ1) is 7.82. The van der Waals surface area contributed by atoms with Gasteiger partial charge in [-0.1, -0.05) is 18.5 Å². The standard InChI is InChI=1S/C11H15ClN2O2S/c1-5(15)6(2)17-10-8(11(14)16)3-7(13)4-9(10)12/h3-6,15H,13H2,1-2H3,(H2,14,16). The predicted octanol–water partition coefficient (Wildman–Crippen LogP) is 1.88. The van der Waals surface area contributed by atoms with E-state index < -0.39 is 12.0 Å². The lowest BCUT2D eigenvalue weighted by atomic mass is 10.2. The number of halogens is 1. The van der Waals surface area contributed by atoms with Crippen molar-refractivity contribution in [3.8, 4) is 0 Å². The Labute approximate surface area is 109 Å². The fraction of sp³-hybridized carbons (Fsp3) is 0.364. The van der Waals surface area contributed by atoms with Crippen LogP contribution in [0, 0.1) is 0 Å². The van der Waals surface area contributed by atoms with Crippen LogP contribution in [0.25, 0.3) is 0 Å². The van der Waals surface area contributed by atoms with E-state index in [2.05, 4.69) is 0 Å². The largest absolute Gasteiger partial charge is 0.399 e. The van der Waals surface area contributed by atoms with E-state index in [4.69, 9.17) is 23.1 Å². The molecule has 0 aliphatic rings. The molecule has 0 saturated heterocycles. The van der Waals surface area contributed by atoms with E-state index in [0.29, 0.717) is 15.6 Å². The van der Waals surface area contributed by atoms with Crippen LogP contribution >= 0.6 is 23.4 Å². The molecule has 0 heterocycles. The second kappa shape index (κ2) is 5.62. The maximum atomic E-state index is 11.3. The lowest BCUT2D eigenvalue weighted by molar-refractivity contribution is 0.0997. The van der Waals surface area contributed by atoms with Gasteiger partial charge < -0.3 is 16.6 Å². The summed E-state index contributed by atoms with van der Waals surface area (Å²) in [4.78, 5) is 11.9. The molecule has 5 N–H and O–H groups in total. The van der Waals surface area contributed by atoms with Crippen LogP contribution < -0.4 is 11.5 Å². The second-order valence-electron chi connectivity index (χ2n) is 3.81. The maximum Gasteiger partial charge on any atom is 0.249 e. The van der Waals surface area contributed by atoms with E-state index in [9.17, 15) is 9.90 Å². The average molecular weight is 275 g/mol. The zero-order valence-corrected chi connectivity index (χ0v) is 11.2. The molecule has 0 aliphatic heterocycles. The van der Waals surface area contributed by atoms with Crippen LogP contribution in [0.2, 0.25) is 5.02 Å². The van der Waals surface area contributed by atoms with Gasteiger partial charge in [-0.3, -0.25) is 4.79 Å². The monoisotopic (exact) mass is 274 g/mol. The Kier molecular flexibility index (Phi) is 4.68. The van der Waals surface area contributed by atoms with Gasteiger partial charge in [0.05, 0.1) is 16.7 Å². The molecule has 0 radical (unpaired) electrons. The molecule has 0 saturated carbocycles. The van der Waals surface area contributed by atoms with Gasteiger partial charge in [-0.05, 0) is 19.1 Å². The van der Waals surface area contributed by atoms with Crippen molar-refractivity contribution in [2.24, 2.45) is 5.73 Å². The zero-order valence-electron chi connectivity index (χ0n) is 9.61. The molecule has 0 aromatic heterocycles. The topological polar surface area (TPSA) is 89.3 Å². The van der Waals surface area contributed by atoms with E-state index in [1.165, 1.54) is 17.8 Å². The number of aliphatic hydroxyl groups excluding tert-OH is 1. The highest BCUT2D eigenvalue weighted by Crippen LogP contribution is 2.36. The Morgan fingerprint density at radius 3 is 2.53 bits per heavy atom. The molecule has 94 valence electrons. The molecule has 17 heavy (non-hydrogen) atoms. The number of thioether (sulfide) groups is 1. The highest BCUT2D eigenvalue weighted by atomic mass is 35.5. The summed E-state index contributed by atoms with van der Waals surface area (Å²) in [5.41, 5.74) is 11.6. The number of aliphatic hydroxyl groups is 1. The SMILES string of the molecule is CC(O)C(C)Sc1c(Cl)cc(N)cc1C(N)=O. The fourth-order valence-electron chi connectivity index (χ4n) is 1.20. The Bertz CT molecular complexity index is 438. The molecule has 0 bridgehead atoms. The van der Waals surface area contributed by atoms with E-state index in [-0.39, 0.29) is 10.8 Å². The van der Waals surface area contributed by atoms with Crippen LogP contribution in [0.3, 0.4) is 0 Å². The molecule has 1 amide bonds. The number of hydrogen-bond acceptors (Lipinski definition) is 4. The summed E-state index contributed by atoms with van der Waals surface area (Å²) in [5, 5.41) is 9.72. The molecule has 6 heteroatoms. The van der Waals surface area contributed by atoms with Crippen molar-refractivity contribution < 1.29 is 9.90 Å². The lowest BCUT2D eigenvalue weighted by Crippen LogP contribution is -2.18. The highest BCUT2D eigenvalue weighted by Gasteiger charge is 2.18. The third-order valence-corrected chi connectivity index (χ3v) is 4.17. The minimum Gasteiger partial charge on any atom is -0.399 e. The first-order valence-corrected chi connectivity index (χ1v) is 6.32. The van der Waals surface area contributed by atoms with Crippen molar-refractivity contribution in [2.45, 2.75) is 30.1 Å². The van der Waals surface area contributed by atoms with Gasteiger partial charge in [0.15, 0.2) is 0 Å². The van der Waals surface area contributed by atoms with Gasteiger partial charge in [-0.15, -0.1) is 11.8 Å². The number of amides is 1. The lowest BCUT2D eigenvalue weighted by Gasteiger charge is -2.17. The Hall–Kier alpha value is -0.910. The van der Waals surface area contributed by atoms with Crippen molar-refractivity contribution in [3.05, 3.63) is 22.7 Å². The third-order valence-electron chi connectivity index (χ3n) is 2.31. The quantitative estimate of drug-likeness (QED) is 0.578. The van der Waals surface area contributed by atoms with E-state index in [0.717, 1.165) is 0 Å². The third kappa shape index (κ3) is 3.52. The molecular weight excluding hydrogens is 260 g/mol. The molecule has 1 rings (SSSR count). The molecular formula is C11H15ClN2O2S. The van der Waals surface area contributed by atoms with Gasteiger partial charge in [0.1, 0.15) is 0 Å². The van der Waals surface area contributed by atoms with E-state index >= 15 is 0 Å². The minimum atomic E-state index is -0.584. The zero-order chi connectivity index (χ0) is 13.2. The molecule has 4 nitrogen and oxygen atoms in total. The minimum absolute atomic E-state index is 0.103. The molecule has 2 unspecified atom stereocenters. The normalized spacial score (nSPS) is 14.4. The van der Waals surface area contributed by atoms with Gasteiger partial charge in [0.2, 0.25) is 5.91 Å². The predicted molar refractivity (Wildman–Crippen MR) is 71.4 cm³/mol. The van der Waals surface area contributed by atoms with Gasteiger partial charge in [0, 0.05) is 15.8 Å². The Morgan fingerprint density at radius 2 is 2.06 bits per heavy atom. The number of carbonyl (C=O) groups excluding carboxylic acids is 1. The summed E-state index contributed by atoms with van der Waals surface area (Å²) in [6, 6.07) is 3.05. The van der Waals surface area contributed by atoms with Crippen LogP contribution in [0.5, 0.6) is 0 Å². The second-order valence-corrected chi connectivity index (χ2v) is 5.60. The van der Waals surface area contributed by atoms with E-state index in [1.807, 2.05) is 6.92 Å². The number of carbonyl (C=O) groups is 1. The van der Waals surface area contributed by atoms with Crippen LogP contribution in [0.1, 0.15) is 24.2 Å². The number of nitrogen functional groups attached to an aromatic ring is 1. The van der Waals surface area contributed by atoms with Crippen LogP contribution in [0.4, 0.5) is 5.69 Å². The highest BCUT2D eigenvalue weighted by molar-refractivity contribution is 8.00. The molecule has 1 aromatic carbocycles. The van der Waals surface area contributed by atoms with Crippen LogP contribution in [-0.4, -0.2) is 22.4 Å². The van der Waals surface area contributed by atoms with Crippen molar-refractivity contribution in [1.82, 2.24) is 0 Å². The maximum absolute atomic E-state index is 11.3. The number of primary amides is 1. The molecule has 0 fully saturated rings. The number of nitrogens with two attached hydrogens (primary N) is 2. The van der Waals surface area contributed by atoms with Gasteiger partial charge in [0.25, 0.3) is 0 Å². The van der Waals surface area contributed by atoms with E-state index in [1.54, 1.807) is 13.0 Å². The summed E-state index contributed by atoms with van der Waals surface area (Å²) < 4.78 is 0. The Morgan fingerprint density at radius 1 is 1.47 bits per heavy atom. The van der Waals surface area contributed by atoms with Crippen LogP contribution in [0.15, 0.2) is 17.0 Å². The molecule has 1 aromatic rings. The average Bonchev–Trinajstić information content (AvgIpc) is 2.20. The number of rotatable bonds is 4. The summed E-state index contributed by atoms with van der Waals surface area (Å²) in [7, 11) is 0. The molecule has 2 atom stereocenters. The first-order valence-electron chi connectivity index (χ1n) is 5.06. The van der Waals surface area contributed by atoms with Gasteiger partial charge in [-0.2, -0.15) is 0 Å². The van der Waals surface area contributed by atoms with Crippen molar-refractivity contribution in [2.75, 3.05) is 5.73 Å². The van der Waals surface area contributed by atoms with Crippen molar-refractivity contribution >= 4 is 35.0 Å². The summed E-state index contributed by atoms with van der Waals surface area (Å²) in [6.45, 7) is 3.51. The number of hydrogen-bond donors (Lipinski definition) is 3. The van der Waals surface area contributed by atoms with Crippen molar-refractivity contribution in [3.63, 3.8) is 0 Å². The fourth-order valence-corrected chi connectivity index (χ4v) is 2.59. The van der Waals surface area contributed by atoms with Crippen molar-refractivity contribution in [1.29, 1.82) is 0 Å². The summed E-state index contributed by atoms with van der Waals surface area (Å²) in [6.07, 6.45) is -0.519. The first kappa shape index (κ1) is 14.2. The van der Waals surface area contributed by atoms with Crippen LogP contribution in [-0.2, 0) is 0 Å². The molecule has 0 aliphatic carbocycles. The van der Waals surface area contributed by atoms with Gasteiger partial charge in [-0.25, -0.2) is 0 Å². The van der Waals surface area contributed by atoms with Gasteiger partial charge >= 0.3 is 0 Å².